The van der Waals surface area contributed by atoms with Gasteiger partial charge in [-0.15, -0.1) is 0 Å². The van der Waals surface area contributed by atoms with Crippen LogP contribution in [0.2, 0.25) is 0 Å². The molecule has 3 fully saturated rings. The van der Waals surface area contributed by atoms with Crippen LogP contribution in [-0.2, 0) is 19.1 Å². The molecule has 49 heavy (non-hydrogen) atoms. The Morgan fingerprint density at radius 1 is 0.857 bits per heavy atom. The van der Waals surface area contributed by atoms with E-state index in [4.69, 9.17) is 9.47 Å². The Kier molecular flexibility index (Phi) is 9.93. The third-order valence-electron chi connectivity index (χ3n) is 9.46. The Bertz CT molecular complexity index is 1650. The quantitative estimate of drug-likeness (QED) is 0.300. The maximum Gasteiger partial charge on any atom is 0.410 e. The minimum Gasteiger partial charge on any atom is -0.453 e. The molecule has 2 aromatic heterocycles. The first-order chi connectivity index (χ1) is 23.5. The molecule has 3 aliphatic heterocycles. The fourth-order valence-corrected chi connectivity index (χ4v) is 7.15. The van der Waals surface area contributed by atoms with E-state index in [2.05, 4.69) is 25.3 Å². The van der Waals surface area contributed by atoms with E-state index in [0.717, 1.165) is 49.9 Å². The van der Waals surface area contributed by atoms with Crippen molar-refractivity contribution in [2.45, 2.75) is 95.5 Å². The molecule has 4 atom stereocenters. The zero-order valence-electron chi connectivity index (χ0n) is 28.6. The lowest BCUT2D eigenvalue weighted by atomic mass is 10.1. The predicted octanol–water partition coefficient (Wildman–Crippen LogP) is 5.01. The fraction of sp³-hybridized carbons (Fsp3) is 0.543. The number of amides is 4. The first-order valence-electron chi connectivity index (χ1n) is 17.1. The Labute approximate surface area is 285 Å². The summed E-state index contributed by atoms with van der Waals surface area (Å²) in [5.41, 5.74) is 1.51. The summed E-state index contributed by atoms with van der Waals surface area (Å²) in [6.45, 7) is 7.29. The summed E-state index contributed by atoms with van der Waals surface area (Å²) in [4.78, 5) is 73.8. The van der Waals surface area contributed by atoms with Crippen LogP contribution in [0, 0.1) is 0 Å². The van der Waals surface area contributed by atoms with Crippen molar-refractivity contribution in [2.75, 3.05) is 26.7 Å². The average molecular weight is 675 g/mol. The number of nitrogens with one attached hydrogen (secondary N) is 3. The first kappa shape index (κ1) is 34.0. The van der Waals surface area contributed by atoms with Crippen molar-refractivity contribution >= 4 is 24.0 Å². The van der Waals surface area contributed by atoms with Crippen molar-refractivity contribution in [1.29, 1.82) is 0 Å². The summed E-state index contributed by atoms with van der Waals surface area (Å²) in [5.74, 6) is 1.11. The highest BCUT2D eigenvalue weighted by molar-refractivity contribution is 5.87. The number of H-pyrrole nitrogens is 2. The van der Waals surface area contributed by atoms with Crippen LogP contribution >= 0.6 is 0 Å². The highest BCUT2D eigenvalue weighted by Crippen LogP contribution is 2.36. The second kappa shape index (κ2) is 14.3. The highest BCUT2D eigenvalue weighted by atomic mass is 16.6. The lowest BCUT2D eigenvalue weighted by molar-refractivity contribution is -0.135. The van der Waals surface area contributed by atoms with E-state index in [1.165, 1.54) is 7.11 Å². The van der Waals surface area contributed by atoms with Crippen LogP contribution in [-0.4, -0.2) is 97.0 Å². The largest absolute Gasteiger partial charge is 0.453 e. The summed E-state index contributed by atoms with van der Waals surface area (Å²) in [5, 5.41) is 2.69. The van der Waals surface area contributed by atoms with Gasteiger partial charge in [-0.05, 0) is 64.9 Å². The molecule has 6 rings (SSSR count). The standard InChI is InChI=1S/C35H46N8O6/c1-35(2,3)49-34(47)41-16-8-13-23(41)19-28(44)42-17-9-14-26(42)30-36-20-24(38-30)25-21-37-31(39-25)27-15-10-18-43(27)32(45)29(40-33(46)48-4)22-11-6-5-7-12-22/h5-7,11-12,20-21,23,26-27,29H,8-10,13-19H2,1-4H3,(H,36,38)(H,37,39)(H,40,46)/t23-,26-,27-,29+/m0/s1. The maximum absolute atomic E-state index is 13.8. The molecule has 1 aromatic carbocycles. The molecule has 14 heteroatoms. The lowest BCUT2D eigenvalue weighted by Crippen LogP contribution is -2.42. The van der Waals surface area contributed by atoms with Crippen LogP contribution in [0.25, 0.3) is 11.4 Å². The second-order valence-corrected chi connectivity index (χ2v) is 14.0. The molecule has 0 bridgehead atoms. The van der Waals surface area contributed by atoms with E-state index in [-0.39, 0.29) is 42.5 Å². The van der Waals surface area contributed by atoms with Gasteiger partial charge in [0.1, 0.15) is 23.3 Å². The van der Waals surface area contributed by atoms with Crippen molar-refractivity contribution in [3.8, 4) is 11.4 Å². The number of nitrogens with zero attached hydrogens (tertiary/aromatic N) is 5. The van der Waals surface area contributed by atoms with Gasteiger partial charge in [0.05, 0.1) is 43.0 Å². The molecular weight excluding hydrogens is 628 g/mol. The van der Waals surface area contributed by atoms with Gasteiger partial charge in [0.25, 0.3) is 5.91 Å². The third kappa shape index (κ3) is 7.57. The zero-order chi connectivity index (χ0) is 34.7. The Balaban J connectivity index is 1.13. The lowest BCUT2D eigenvalue weighted by Gasteiger charge is -2.30. The van der Waals surface area contributed by atoms with E-state index < -0.39 is 17.7 Å². The van der Waals surface area contributed by atoms with Crippen LogP contribution < -0.4 is 5.32 Å². The molecule has 0 radical (unpaired) electrons. The van der Waals surface area contributed by atoms with Crippen molar-refractivity contribution in [3.63, 3.8) is 0 Å². The molecule has 3 N–H and O–H groups in total. The molecule has 3 aromatic rings. The summed E-state index contributed by atoms with van der Waals surface area (Å²) in [6, 6.07) is 7.54. The first-order valence-corrected chi connectivity index (χ1v) is 17.1. The number of aromatic nitrogens is 4. The molecule has 3 saturated heterocycles. The number of likely N-dealkylation sites (tertiary alicyclic amines) is 3. The van der Waals surface area contributed by atoms with Crippen LogP contribution in [0.1, 0.15) is 101 Å². The van der Waals surface area contributed by atoms with Gasteiger partial charge in [0.2, 0.25) is 5.91 Å². The topological polar surface area (TPSA) is 166 Å². The smallest absolute Gasteiger partial charge is 0.410 e. The van der Waals surface area contributed by atoms with Gasteiger partial charge >= 0.3 is 12.2 Å². The second-order valence-electron chi connectivity index (χ2n) is 14.0. The molecule has 5 heterocycles. The van der Waals surface area contributed by atoms with Crippen LogP contribution in [0.15, 0.2) is 42.7 Å². The van der Waals surface area contributed by atoms with Crippen molar-refractivity contribution < 1.29 is 28.7 Å². The number of ether oxygens (including phenoxy) is 2. The number of rotatable bonds is 8. The number of hydrogen-bond donors (Lipinski definition) is 3. The van der Waals surface area contributed by atoms with E-state index in [1.54, 1.807) is 34.3 Å². The molecular formula is C35H46N8O6. The van der Waals surface area contributed by atoms with Crippen molar-refractivity contribution in [3.05, 3.63) is 59.9 Å². The minimum atomic E-state index is -0.898. The summed E-state index contributed by atoms with van der Waals surface area (Å²) in [7, 11) is 1.27. The molecule has 4 amide bonds. The van der Waals surface area contributed by atoms with Gasteiger partial charge in [0, 0.05) is 32.1 Å². The monoisotopic (exact) mass is 674 g/mol. The number of carbonyl (C=O) groups is 4. The molecule has 3 aliphatic rings. The van der Waals surface area contributed by atoms with Crippen LogP contribution in [0.5, 0.6) is 0 Å². The molecule has 0 aliphatic carbocycles. The Morgan fingerprint density at radius 2 is 1.43 bits per heavy atom. The molecule has 262 valence electrons. The Hall–Kier alpha value is -4.88. The van der Waals surface area contributed by atoms with Gasteiger partial charge < -0.3 is 39.5 Å². The van der Waals surface area contributed by atoms with E-state index >= 15 is 0 Å². The number of aromatic amines is 2. The number of alkyl carbamates (subject to hydrolysis) is 1. The fourth-order valence-electron chi connectivity index (χ4n) is 7.15. The van der Waals surface area contributed by atoms with Crippen molar-refractivity contribution in [2.24, 2.45) is 0 Å². The molecule has 0 unspecified atom stereocenters. The number of methoxy groups -OCH3 is 1. The van der Waals surface area contributed by atoms with E-state index in [1.807, 2.05) is 43.9 Å². The van der Waals surface area contributed by atoms with E-state index in [9.17, 15) is 19.2 Å². The minimum absolute atomic E-state index is 0.00576. The van der Waals surface area contributed by atoms with Gasteiger partial charge in [-0.25, -0.2) is 19.6 Å². The number of imidazole rings is 2. The highest BCUT2D eigenvalue weighted by Gasteiger charge is 2.39. The molecule has 14 nitrogen and oxygen atoms in total. The van der Waals surface area contributed by atoms with Gasteiger partial charge in [-0.1, -0.05) is 30.3 Å². The SMILES string of the molecule is COC(=O)N[C@@H](C(=O)N1CCC[C@H]1c1ncc(-c2cnc([C@@H]3CCCN3C(=O)C[C@@H]3CCCN3C(=O)OC(C)(C)C)[nH]2)[nH]1)c1ccccc1. The number of hydrogen-bond acceptors (Lipinski definition) is 8. The predicted molar refractivity (Wildman–Crippen MR) is 179 cm³/mol. The zero-order valence-corrected chi connectivity index (χ0v) is 28.6. The van der Waals surface area contributed by atoms with E-state index in [0.29, 0.717) is 36.8 Å². The van der Waals surface area contributed by atoms with Crippen LogP contribution in [0.4, 0.5) is 9.59 Å². The van der Waals surface area contributed by atoms with Crippen molar-refractivity contribution in [1.82, 2.24) is 40.0 Å². The summed E-state index contributed by atoms with van der Waals surface area (Å²) >= 11 is 0. The number of benzene rings is 1. The Morgan fingerprint density at radius 3 is 2.04 bits per heavy atom. The third-order valence-corrected chi connectivity index (χ3v) is 9.46. The summed E-state index contributed by atoms with van der Waals surface area (Å²) in [6.07, 6.45) is 7.44. The van der Waals surface area contributed by atoms with Gasteiger partial charge in [-0.2, -0.15) is 0 Å². The molecule has 0 spiro atoms. The molecule has 0 saturated carbocycles. The number of carbonyl (C=O) groups excluding carboxylic acids is 4. The van der Waals surface area contributed by atoms with Gasteiger partial charge in [0.15, 0.2) is 0 Å². The normalized spacial score (nSPS) is 21.6. The maximum atomic E-state index is 13.8. The average Bonchev–Trinajstić information content (AvgIpc) is 3.91. The van der Waals surface area contributed by atoms with Crippen LogP contribution in [0.3, 0.4) is 0 Å². The summed E-state index contributed by atoms with van der Waals surface area (Å²) < 4.78 is 10.4. The van der Waals surface area contributed by atoms with Gasteiger partial charge in [-0.3, -0.25) is 9.59 Å².